The second-order valence-corrected chi connectivity index (χ2v) is 9.44. The van der Waals surface area contributed by atoms with Crippen LogP contribution < -0.4 is 9.80 Å². The van der Waals surface area contributed by atoms with Gasteiger partial charge in [-0.3, -0.25) is 4.79 Å². The van der Waals surface area contributed by atoms with Gasteiger partial charge in [0.15, 0.2) is 0 Å². The maximum Gasteiger partial charge on any atom is 0.260 e. The summed E-state index contributed by atoms with van der Waals surface area (Å²) in [5, 5.41) is 31.3. The maximum absolute atomic E-state index is 13.6. The number of nitrogens with zero attached hydrogens (tertiary/aromatic N) is 2. The molecular weight excluding hydrogens is 440 g/mol. The van der Waals surface area contributed by atoms with E-state index in [0.717, 1.165) is 31.3 Å². The van der Waals surface area contributed by atoms with Gasteiger partial charge in [-0.05, 0) is 65.5 Å². The van der Waals surface area contributed by atoms with Crippen molar-refractivity contribution in [3.8, 4) is 17.2 Å². The van der Waals surface area contributed by atoms with Crippen LogP contribution in [0.1, 0.15) is 63.7 Å². The number of rotatable bonds is 8. The number of carbonyl (C=O) groups excluding carboxylic acids is 1. The fourth-order valence-corrected chi connectivity index (χ4v) is 4.33. The minimum Gasteiger partial charge on any atom is -0.508 e. The zero-order valence-corrected chi connectivity index (χ0v) is 21.3. The summed E-state index contributed by atoms with van der Waals surface area (Å²) in [6.45, 7) is 8.70. The van der Waals surface area contributed by atoms with Gasteiger partial charge in [0.05, 0.1) is 16.9 Å². The molecule has 0 radical (unpaired) electrons. The summed E-state index contributed by atoms with van der Waals surface area (Å²) >= 11 is 0. The van der Waals surface area contributed by atoms with E-state index < -0.39 is 0 Å². The molecule has 2 aromatic carbocycles. The van der Waals surface area contributed by atoms with Gasteiger partial charge in [-0.15, -0.1) is 0 Å². The number of carbonyl (C=O) groups is 1. The van der Waals surface area contributed by atoms with Crippen LogP contribution in [0.4, 0.5) is 17.1 Å². The van der Waals surface area contributed by atoms with Crippen LogP contribution in [-0.4, -0.2) is 34.8 Å². The van der Waals surface area contributed by atoms with E-state index in [2.05, 4.69) is 32.9 Å². The summed E-state index contributed by atoms with van der Waals surface area (Å²) in [5.41, 5.74) is 5.22. The molecule has 0 bridgehead atoms. The number of fused-ring (bicyclic) bond motifs is 2. The lowest BCUT2D eigenvalue weighted by Gasteiger charge is -2.25. The monoisotopic (exact) mass is 476 g/mol. The van der Waals surface area contributed by atoms with Crippen LogP contribution in [0.25, 0.3) is 0 Å². The molecule has 0 aliphatic carbocycles. The molecule has 0 saturated carbocycles. The predicted molar refractivity (Wildman–Crippen MR) is 143 cm³/mol. The fourth-order valence-electron chi connectivity index (χ4n) is 4.33. The van der Waals surface area contributed by atoms with Gasteiger partial charge in [0.1, 0.15) is 22.9 Å². The molecule has 2 aromatic rings. The van der Waals surface area contributed by atoms with Crippen LogP contribution >= 0.6 is 0 Å². The molecule has 1 heterocycles. The Morgan fingerprint density at radius 3 is 2.20 bits per heavy atom. The summed E-state index contributed by atoms with van der Waals surface area (Å²) in [6.07, 6.45) is 10.4. The Kier molecular flexibility index (Phi) is 8.28. The summed E-state index contributed by atoms with van der Waals surface area (Å²) in [7, 11) is 1.68. The Labute approximate surface area is 208 Å². The highest BCUT2D eigenvalue weighted by atomic mass is 16.3. The minimum absolute atomic E-state index is 0.0582. The van der Waals surface area contributed by atoms with Crippen molar-refractivity contribution in [2.24, 2.45) is 0 Å². The van der Waals surface area contributed by atoms with Crippen LogP contribution in [0, 0.1) is 0 Å². The highest BCUT2D eigenvalue weighted by Crippen LogP contribution is 2.49. The number of benzene rings is 2. The molecular formula is C29H36N2O4. The average Bonchev–Trinajstić information content (AvgIpc) is 2.86. The number of anilines is 3. The second kappa shape index (κ2) is 11.2. The first-order valence-electron chi connectivity index (χ1n) is 12.0. The molecule has 186 valence electrons. The molecule has 0 fully saturated rings. The van der Waals surface area contributed by atoms with E-state index in [-0.39, 0.29) is 29.7 Å². The molecule has 3 N–H and O–H groups in total. The topological polar surface area (TPSA) is 84.2 Å². The largest absolute Gasteiger partial charge is 0.508 e. The van der Waals surface area contributed by atoms with Crippen molar-refractivity contribution in [3.63, 3.8) is 0 Å². The Balaban J connectivity index is 1.85. The molecule has 0 aromatic heterocycles. The van der Waals surface area contributed by atoms with E-state index in [1.54, 1.807) is 24.1 Å². The van der Waals surface area contributed by atoms with Gasteiger partial charge >= 0.3 is 0 Å². The third-order valence-corrected chi connectivity index (χ3v) is 6.25. The molecule has 0 spiro atoms. The molecule has 0 atom stereocenters. The van der Waals surface area contributed by atoms with E-state index in [4.69, 9.17) is 0 Å². The highest BCUT2D eigenvalue weighted by Gasteiger charge is 2.33. The fraction of sp³-hybridized carbons (Fsp3) is 0.345. The maximum atomic E-state index is 13.6. The van der Waals surface area contributed by atoms with Crippen molar-refractivity contribution < 1.29 is 20.1 Å². The van der Waals surface area contributed by atoms with E-state index >= 15 is 0 Å². The van der Waals surface area contributed by atoms with Crippen molar-refractivity contribution in [2.45, 2.75) is 53.4 Å². The summed E-state index contributed by atoms with van der Waals surface area (Å²) in [4.78, 5) is 16.7. The predicted octanol–water partition coefficient (Wildman–Crippen LogP) is 6.95. The molecule has 6 heteroatoms. The van der Waals surface area contributed by atoms with E-state index in [1.807, 2.05) is 13.0 Å². The van der Waals surface area contributed by atoms with Gasteiger partial charge < -0.3 is 25.1 Å². The lowest BCUT2D eigenvalue weighted by Crippen LogP contribution is -2.30. The second-order valence-electron chi connectivity index (χ2n) is 9.44. The number of hydrogen-bond donors (Lipinski definition) is 3. The van der Waals surface area contributed by atoms with Crippen LogP contribution in [0.5, 0.6) is 17.2 Å². The van der Waals surface area contributed by atoms with Gasteiger partial charge in [-0.1, -0.05) is 41.0 Å². The Morgan fingerprint density at radius 1 is 0.857 bits per heavy atom. The van der Waals surface area contributed by atoms with Gasteiger partial charge in [-0.2, -0.15) is 0 Å². The van der Waals surface area contributed by atoms with Gasteiger partial charge in [0.25, 0.3) is 5.91 Å². The molecule has 35 heavy (non-hydrogen) atoms. The molecule has 6 nitrogen and oxygen atoms in total. The Hall–Kier alpha value is -3.67. The normalized spacial score (nSPS) is 13.9. The van der Waals surface area contributed by atoms with Crippen molar-refractivity contribution in [2.75, 3.05) is 23.4 Å². The van der Waals surface area contributed by atoms with E-state index in [9.17, 15) is 20.1 Å². The molecule has 0 saturated heterocycles. The lowest BCUT2D eigenvalue weighted by atomic mass is 10.1. The van der Waals surface area contributed by atoms with Crippen molar-refractivity contribution >= 4 is 23.0 Å². The van der Waals surface area contributed by atoms with Crippen LogP contribution in [0.2, 0.25) is 0 Å². The van der Waals surface area contributed by atoms with Gasteiger partial charge in [0.2, 0.25) is 0 Å². The zero-order chi connectivity index (χ0) is 25.7. The number of phenols is 3. The van der Waals surface area contributed by atoms with Gasteiger partial charge in [0, 0.05) is 25.7 Å². The van der Waals surface area contributed by atoms with Crippen LogP contribution in [-0.2, 0) is 0 Å². The number of para-hydroxylation sites is 1. The average molecular weight is 477 g/mol. The van der Waals surface area contributed by atoms with Crippen LogP contribution in [0.15, 0.2) is 65.3 Å². The third-order valence-electron chi connectivity index (χ3n) is 6.25. The molecule has 1 amide bonds. The van der Waals surface area contributed by atoms with Crippen LogP contribution in [0.3, 0.4) is 0 Å². The van der Waals surface area contributed by atoms with Crippen molar-refractivity contribution in [1.29, 1.82) is 0 Å². The first kappa shape index (κ1) is 25.9. The summed E-state index contributed by atoms with van der Waals surface area (Å²) < 4.78 is 0. The first-order valence-corrected chi connectivity index (χ1v) is 12.0. The van der Waals surface area contributed by atoms with Crippen molar-refractivity contribution in [1.82, 2.24) is 0 Å². The lowest BCUT2D eigenvalue weighted by molar-refractivity contribution is 0.0990. The number of amides is 1. The molecule has 1 aliphatic heterocycles. The Morgan fingerprint density at radius 2 is 1.51 bits per heavy atom. The SMILES string of the molecule is CC(C)=CCCC(C)=CCCC(C)=CCN1C(=O)c2cccc(O)c2N(C)c2c(O)cc(O)cc21. The Bertz CT molecular complexity index is 1190. The van der Waals surface area contributed by atoms with Gasteiger partial charge in [-0.25, -0.2) is 0 Å². The van der Waals surface area contributed by atoms with Crippen molar-refractivity contribution in [3.05, 3.63) is 70.8 Å². The molecule has 0 unspecified atom stereocenters. The third kappa shape index (κ3) is 6.07. The van der Waals surface area contributed by atoms with E-state index in [1.165, 1.54) is 34.2 Å². The number of hydrogen-bond acceptors (Lipinski definition) is 5. The molecule has 1 aliphatic rings. The smallest absolute Gasteiger partial charge is 0.260 e. The zero-order valence-electron chi connectivity index (χ0n) is 21.3. The first-order chi connectivity index (χ1) is 16.6. The number of allylic oxidation sites excluding steroid dienone is 5. The number of phenolic OH excluding ortho intramolecular Hbond substituents is 3. The summed E-state index contributed by atoms with van der Waals surface area (Å²) in [5.74, 6) is -0.689. The molecule has 3 rings (SSSR count). The highest BCUT2D eigenvalue weighted by molar-refractivity contribution is 6.15. The standard InChI is InChI=1S/C29H36N2O4/c1-19(2)9-6-10-20(3)11-7-12-21(4)15-16-31-24-17-22(32)18-26(34)28(24)30(5)27-23(29(31)35)13-8-14-25(27)33/h8-9,11,13-15,17-18,32-34H,6-7,10,12,16H2,1-5H3. The summed E-state index contributed by atoms with van der Waals surface area (Å²) in [6, 6.07) is 7.49. The number of aromatic hydroxyl groups is 3. The van der Waals surface area contributed by atoms with E-state index in [0.29, 0.717) is 22.6 Å². The minimum atomic E-state index is -0.314. The quantitative estimate of drug-likeness (QED) is 0.359.